The molecule has 1 saturated heterocycles. The topological polar surface area (TPSA) is 52.8 Å². The lowest BCUT2D eigenvalue weighted by molar-refractivity contribution is -0.137. The number of nitrogens with two attached hydrogens (primary N) is 1. The molecule has 5 heteroatoms. The standard InChI is InChI=1S/C14H30N4O/c1-13(5-4-6-15)14(19)18-11-9-17(10-12-18)8-7-16(2)3/h13H,4-12,15H2,1-3H3. The number of nitrogens with zero attached hydrogens (tertiary/aromatic N) is 3. The van der Waals surface area contributed by atoms with Gasteiger partial charge in [-0.1, -0.05) is 6.92 Å². The van der Waals surface area contributed by atoms with Gasteiger partial charge in [-0.25, -0.2) is 0 Å². The number of hydrogen-bond acceptors (Lipinski definition) is 4. The van der Waals surface area contributed by atoms with Gasteiger partial charge < -0.3 is 15.5 Å². The summed E-state index contributed by atoms with van der Waals surface area (Å²) >= 11 is 0. The maximum absolute atomic E-state index is 12.2. The van der Waals surface area contributed by atoms with Crippen LogP contribution in [0.4, 0.5) is 0 Å². The van der Waals surface area contributed by atoms with E-state index < -0.39 is 0 Å². The molecule has 0 aliphatic carbocycles. The van der Waals surface area contributed by atoms with Crippen LogP contribution in [0.3, 0.4) is 0 Å². The normalized spacial score (nSPS) is 18.9. The first kappa shape index (κ1) is 16.4. The van der Waals surface area contributed by atoms with Crippen LogP contribution in [0.2, 0.25) is 0 Å². The fourth-order valence-electron chi connectivity index (χ4n) is 2.39. The molecule has 0 aromatic carbocycles. The van der Waals surface area contributed by atoms with E-state index in [1.807, 2.05) is 11.8 Å². The van der Waals surface area contributed by atoms with Gasteiger partial charge in [0.25, 0.3) is 0 Å². The summed E-state index contributed by atoms with van der Waals surface area (Å²) in [5.74, 6) is 0.428. The third-order valence-electron chi connectivity index (χ3n) is 3.81. The van der Waals surface area contributed by atoms with E-state index in [9.17, 15) is 4.79 Å². The van der Waals surface area contributed by atoms with Gasteiger partial charge >= 0.3 is 0 Å². The monoisotopic (exact) mass is 270 g/mol. The molecule has 0 radical (unpaired) electrons. The Bertz CT molecular complexity index is 262. The van der Waals surface area contributed by atoms with Gasteiger partial charge in [-0.2, -0.15) is 0 Å². The summed E-state index contributed by atoms with van der Waals surface area (Å²) in [7, 11) is 4.19. The number of hydrogen-bond donors (Lipinski definition) is 1. The average molecular weight is 270 g/mol. The predicted octanol–water partition coefficient (Wildman–Crippen LogP) is 0.0672. The number of likely N-dealkylation sites (N-methyl/N-ethyl adjacent to an activating group) is 1. The largest absolute Gasteiger partial charge is 0.340 e. The van der Waals surface area contributed by atoms with Gasteiger partial charge in [0.05, 0.1) is 0 Å². The minimum Gasteiger partial charge on any atom is -0.340 e. The van der Waals surface area contributed by atoms with Crippen molar-refractivity contribution in [1.29, 1.82) is 0 Å². The third kappa shape index (κ3) is 5.89. The summed E-state index contributed by atoms with van der Waals surface area (Å²) in [4.78, 5) is 18.9. The Morgan fingerprint density at radius 1 is 1.26 bits per heavy atom. The zero-order chi connectivity index (χ0) is 14.3. The SMILES string of the molecule is CC(CCCN)C(=O)N1CCN(CCN(C)C)CC1. The lowest BCUT2D eigenvalue weighted by Crippen LogP contribution is -2.51. The number of carbonyl (C=O) groups is 1. The van der Waals surface area contributed by atoms with Gasteiger partial charge in [0, 0.05) is 45.2 Å². The molecule has 0 bridgehead atoms. The summed E-state index contributed by atoms with van der Waals surface area (Å²) in [6.07, 6.45) is 1.85. The summed E-state index contributed by atoms with van der Waals surface area (Å²) in [6, 6.07) is 0. The number of amides is 1. The molecule has 1 fully saturated rings. The van der Waals surface area contributed by atoms with E-state index >= 15 is 0 Å². The molecular weight excluding hydrogens is 240 g/mol. The Kier molecular flexibility index (Phi) is 7.34. The first-order valence-corrected chi connectivity index (χ1v) is 7.40. The Hall–Kier alpha value is -0.650. The molecule has 1 aliphatic rings. The maximum atomic E-state index is 12.2. The van der Waals surface area contributed by atoms with E-state index in [2.05, 4.69) is 23.9 Å². The summed E-state index contributed by atoms with van der Waals surface area (Å²) in [5.41, 5.74) is 5.50. The van der Waals surface area contributed by atoms with Crippen molar-refractivity contribution in [3.63, 3.8) is 0 Å². The van der Waals surface area contributed by atoms with Crippen LogP contribution in [0.5, 0.6) is 0 Å². The molecule has 1 rings (SSSR count). The Labute approximate surface area is 117 Å². The minimum atomic E-state index is 0.122. The van der Waals surface area contributed by atoms with Crippen molar-refractivity contribution in [3.8, 4) is 0 Å². The van der Waals surface area contributed by atoms with E-state index in [-0.39, 0.29) is 5.92 Å². The molecule has 1 heterocycles. The van der Waals surface area contributed by atoms with E-state index in [0.717, 1.165) is 52.1 Å². The Balaban J connectivity index is 2.26. The summed E-state index contributed by atoms with van der Waals surface area (Å²) in [5, 5.41) is 0. The molecule has 0 spiro atoms. The van der Waals surface area contributed by atoms with E-state index in [1.165, 1.54) is 0 Å². The minimum absolute atomic E-state index is 0.122. The van der Waals surface area contributed by atoms with Crippen molar-refractivity contribution in [3.05, 3.63) is 0 Å². The lowest BCUT2D eigenvalue weighted by Gasteiger charge is -2.36. The van der Waals surface area contributed by atoms with Crippen LogP contribution in [0.15, 0.2) is 0 Å². The molecular formula is C14H30N4O. The van der Waals surface area contributed by atoms with Crippen molar-refractivity contribution in [1.82, 2.24) is 14.7 Å². The van der Waals surface area contributed by atoms with Crippen LogP contribution < -0.4 is 5.73 Å². The molecule has 0 aromatic rings. The van der Waals surface area contributed by atoms with Crippen molar-refractivity contribution in [2.24, 2.45) is 11.7 Å². The van der Waals surface area contributed by atoms with Crippen LogP contribution in [-0.2, 0) is 4.79 Å². The van der Waals surface area contributed by atoms with E-state index in [1.54, 1.807) is 0 Å². The van der Waals surface area contributed by atoms with Gasteiger partial charge in [0.1, 0.15) is 0 Å². The van der Waals surface area contributed by atoms with Crippen LogP contribution >= 0.6 is 0 Å². The van der Waals surface area contributed by atoms with Gasteiger partial charge in [-0.15, -0.1) is 0 Å². The summed E-state index contributed by atoms with van der Waals surface area (Å²) < 4.78 is 0. The molecule has 1 atom stereocenters. The molecule has 0 saturated carbocycles. The van der Waals surface area contributed by atoms with E-state index in [0.29, 0.717) is 12.5 Å². The second kappa shape index (κ2) is 8.51. The zero-order valence-electron chi connectivity index (χ0n) is 12.8. The molecule has 0 aromatic heterocycles. The number of carbonyl (C=O) groups excluding carboxylic acids is 1. The quantitative estimate of drug-likeness (QED) is 0.711. The highest BCUT2D eigenvalue weighted by molar-refractivity contribution is 5.78. The molecule has 1 amide bonds. The Morgan fingerprint density at radius 3 is 2.42 bits per heavy atom. The lowest BCUT2D eigenvalue weighted by atomic mass is 10.0. The molecule has 19 heavy (non-hydrogen) atoms. The second-order valence-electron chi connectivity index (χ2n) is 5.80. The maximum Gasteiger partial charge on any atom is 0.225 e. The van der Waals surface area contributed by atoms with Crippen LogP contribution in [0.25, 0.3) is 0 Å². The van der Waals surface area contributed by atoms with Gasteiger partial charge in [0.15, 0.2) is 0 Å². The molecule has 5 nitrogen and oxygen atoms in total. The Morgan fingerprint density at radius 2 is 1.89 bits per heavy atom. The van der Waals surface area contributed by atoms with Crippen molar-refractivity contribution < 1.29 is 4.79 Å². The highest BCUT2D eigenvalue weighted by Crippen LogP contribution is 2.11. The molecule has 1 unspecified atom stereocenters. The van der Waals surface area contributed by atoms with Crippen molar-refractivity contribution >= 4 is 5.91 Å². The summed E-state index contributed by atoms with van der Waals surface area (Å²) in [6.45, 7) is 8.63. The predicted molar refractivity (Wildman–Crippen MR) is 79.0 cm³/mol. The fraction of sp³-hybridized carbons (Fsp3) is 0.929. The molecule has 1 aliphatic heterocycles. The van der Waals surface area contributed by atoms with E-state index in [4.69, 9.17) is 5.73 Å². The smallest absolute Gasteiger partial charge is 0.225 e. The van der Waals surface area contributed by atoms with Gasteiger partial charge in [0.2, 0.25) is 5.91 Å². The molecule has 2 N–H and O–H groups in total. The number of piperazine rings is 1. The number of rotatable bonds is 7. The fourth-order valence-corrected chi connectivity index (χ4v) is 2.39. The molecule has 112 valence electrons. The highest BCUT2D eigenvalue weighted by atomic mass is 16.2. The highest BCUT2D eigenvalue weighted by Gasteiger charge is 2.24. The second-order valence-corrected chi connectivity index (χ2v) is 5.80. The van der Waals surface area contributed by atoms with Crippen molar-refractivity contribution in [2.45, 2.75) is 19.8 Å². The third-order valence-corrected chi connectivity index (χ3v) is 3.81. The average Bonchev–Trinajstić information content (AvgIpc) is 2.42. The van der Waals surface area contributed by atoms with Gasteiger partial charge in [-0.3, -0.25) is 9.69 Å². The van der Waals surface area contributed by atoms with Crippen LogP contribution in [0, 0.1) is 5.92 Å². The van der Waals surface area contributed by atoms with Crippen molar-refractivity contribution in [2.75, 3.05) is 59.9 Å². The van der Waals surface area contributed by atoms with Crippen LogP contribution in [-0.4, -0.2) is 80.5 Å². The van der Waals surface area contributed by atoms with Crippen LogP contribution in [0.1, 0.15) is 19.8 Å². The zero-order valence-corrected chi connectivity index (χ0v) is 12.8. The van der Waals surface area contributed by atoms with Gasteiger partial charge in [-0.05, 0) is 33.5 Å². The first-order chi connectivity index (χ1) is 9.04. The first-order valence-electron chi connectivity index (χ1n) is 7.40.